The first-order chi connectivity index (χ1) is 30.3. The molecule has 10 nitrogen and oxygen atoms in total. The van der Waals surface area contributed by atoms with Gasteiger partial charge in [0.2, 0.25) is 11.8 Å². The third kappa shape index (κ3) is 47.3. The summed E-state index contributed by atoms with van der Waals surface area (Å²) in [5.41, 5.74) is 0. The van der Waals surface area contributed by atoms with Gasteiger partial charge in [0.15, 0.2) is 0 Å². The number of ether oxygens (including phenoxy) is 3. The quantitative estimate of drug-likeness (QED) is 0.0456. The normalized spacial score (nSPS) is 11.5. The second-order valence-corrected chi connectivity index (χ2v) is 17.6. The van der Waals surface area contributed by atoms with Crippen molar-refractivity contribution in [2.24, 2.45) is 0 Å². The third-order valence-corrected chi connectivity index (χ3v) is 11.6. The molecule has 0 saturated heterocycles. The number of rotatable bonds is 47. The molecule has 368 valence electrons. The number of carbonyl (C=O) groups excluding carboxylic acids is 4. The van der Waals surface area contributed by atoms with Gasteiger partial charge in [-0.2, -0.15) is 0 Å². The Bertz CT molecular complexity index is 928. The molecule has 2 amide bonds. The number of nitrogens with zero attached hydrogens (tertiary/aromatic N) is 1. The number of amides is 2. The van der Waals surface area contributed by atoms with Gasteiger partial charge in [-0.05, 0) is 26.2 Å². The van der Waals surface area contributed by atoms with Crippen LogP contribution in [0.1, 0.15) is 259 Å². The maximum absolute atomic E-state index is 13.2. The van der Waals surface area contributed by atoms with Crippen LogP contribution in [0.3, 0.4) is 0 Å². The van der Waals surface area contributed by atoms with Crippen molar-refractivity contribution in [3.8, 4) is 0 Å². The molecule has 0 fully saturated rings. The molecule has 1 unspecified atom stereocenters. The van der Waals surface area contributed by atoms with Gasteiger partial charge in [-0.3, -0.25) is 19.2 Å². The van der Waals surface area contributed by atoms with Crippen LogP contribution in [0, 0.1) is 0 Å². The van der Waals surface area contributed by atoms with Crippen LogP contribution in [-0.4, -0.2) is 86.4 Å². The first-order valence-electron chi connectivity index (χ1n) is 26.3. The molecule has 0 aromatic rings. The summed E-state index contributed by atoms with van der Waals surface area (Å²) in [7, 11) is 1.00. The summed E-state index contributed by atoms with van der Waals surface area (Å²) >= 11 is 0. The maximum Gasteiger partial charge on any atom is 0.305 e. The second kappa shape index (κ2) is 51.4. The number of hydrogen-bond donors (Lipinski definition) is 2. The van der Waals surface area contributed by atoms with Crippen molar-refractivity contribution < 1.29 is 38.5 Å². The van der Waals surface area contributed by atoms with Gasteiger partial charge >= 0.3 is 11.9 Å². The van der Waals surface area contributed by atoms with Crippen molar-refractivity contribution in [2.75, 3.05) is 46.6 Å². The van der Waals surface area contributed by atoms with Gasteiger partial charge in [-0.15, -0.1) is 0 Å². The Morgan fingerprint density at radius 3 is 1.10 bits per heavy atom. The van der Waals surface area contributed by atoms with Crippen molar-refractivity contribution in [1.29, 1.82) is 0 Å². The lowest BCUT2D eigenvalue weighted by atomic mass is 10.0. The maximum atomic E-state index is 13.2. The van der Waals surface area contributed by atoms with Gasteiger partial charge < -0.3 is 29.5 Å². The fraction of sp³-hybridized carbons (Fsp3) is 0.923. The van der Waals surface area contributed by atoms with Crippen LogP contribution in [0.4, 0.5) is 0 Å². The Balaban J connectivity index is 0. The summed E-state index contributed by atoms with van der Waals surface area (Å²) in [6, 6.07) is 0. The molecule has 0 aromatic carbocycles. The monoisotopic (exact) mass is 883 g/mol. The van der Waals surface area contributed by atoms with E-state index in [2.05, 4.69) is 26.1 Å². The number of carbonyl (C=O) groups is 4. The van der Waals surface area contributed by atoms with E-state index in [1.807, 2.05) is 6.92 Å². The number of aliphatic hydroxyl groups is 1. The lowest BCUT2D eigenvalue weighted by Crippen LogP contribution is -2.38. The zero-order chi connectivity index (χ0) is 46.0. The third-order valence-electron chi connectivity index (χ3n) is 11.6. The molecule has 0 aliphatic carbocycles. The van der Waals surface area contributed by atoms with Gasteiger partial charge in [0.25, 0.3) is 0 Å². The van der Waals surface area contributed by atoms with Gasteiger partial charge in [-0.1, -0.05) is 207 Å². The van der Waals surface area contributed by atoms with Crippen LogP contribution in [0.25, 0.3) is 0 Å². The number of esters is 2. The zero-order valence-corrected chi connectivity index (χ0v) is 41.5. The van der Waals surface area contributed by atoms with Crippen LogP contribution in [0.5, 0.6) is 0 Å². The van der Waals surface area contributed by atoms with E-state index in [0.29, 0.717) is 26.0 Å². The molecule has 2 N–H and O–H groups in total. The van der Waals surface area contributed by atoms with E-state index in [-0.39, 0.29) is 69.0 Å². The molecule has 0 heterocycles. The lowest BCUT2D eigenvalue weighted by molar-refractivity contribution is -0.147. The summed E-state index contributed by atoms with van der Waals surface area (Å²) in [6.07, 6.45) is 41.0. The number of aliphatic hydroxyl groups excluding tert-OH is 1. The SMILES string of the molecule is CCCCCCCCCCCCCCCCCC(=O)OCCN(CCOC(=O)CCCCCCCCCCCCCCCCC)C(=O)CCC(=O)NCC(C)OCCCC.CO. The minimum atomic E-state index is -0.248. The average molecular weight is 883 g/mol. The van der Waals surface area contributed by atoms with E-state index < -0.39 is 0 Å². The highest BCUT2D eigenvalue weighted by molar-refractivity contribution is 5.83. The predicted octanol–water partition coefficient (Wildman–Crippen LogP) is 13.1. The molecule has 0 aromatic heterocycles. The molecular weight excluding hydrogens is 781 g/mol. The topological polar surface area (TPSA) is 131 Å². The fourth-order valence-electron chi connectivity index (χ4n) is 7.54. The van der Waals surface area contributed by atoms with Gasteiger partial charge in [-0.25, -0.2) is 0 Å². The van der Waals surface area contributed by atoms with E-state index in [0.717, 1.165) is 58.5 Å². The van der Waals surface area contributed by atoms with Crippen molar-refractivity contribution in [3.05, 3.63) is 0 Å². The second-order valence-electron chi connectivity index (χ2n) is 17.6. The van der Waals surface area contributed by atoms with Crippen LogP contribution >= 0.6 is 0 Å². The van der Waals surface area contributed by atoms with E-state index >= 15 is 0 Å². The standard InChI is InChI=1S/C51H98N2O7.CH4O/c1-5-8-11-13-15-17-19-21-23-25-27-29-31-33-35-37-50(56)59-44-41-53(49(55)40-39-48(54)52-46-47(4)58-43-10-7-3)42-45-60-51(57)38-36-34-32-30-28-26-24-22-20-18-16-14-12-9-6-2;1-2/h47H,5-46H2,1-4H3,(H,52,54);2H,1H3. The molecule has 0 spiro atoms. The van der Waals surface area contributed by atoms with Crippen LogP contribution in [-0.2, 0) is 33.4 Å². The summed E-state index contributed by atoms with van der Waals surface area (Å²) in [5.74, 6) is -0.934. The number of nitrogens with one attached hydrogen (secondary N) is 1. The Hall–Kier alpha value is -2.20. The fourth-order valence-corrected chi connectivity index (χ4v) is 7.54. The largest absolute Gasteiger partial charge is 0.464 e. The van der Waals surface area contributed by atoms with Gasteiger partial charge in [0.1, 0.15) is 13.2 Å². The Labute approximate surface area is 382 Å². The molecule has 0 saturated carbocycles. The van der Waals surface area contributed by atoms with E-state index in [4.69, 9.17) is 19.3 Å². The predicted molar refractivity (Wildman–Crippen MR) is 258 cm³/mol. The molecule has 62 heavy (non-hydrogen) atoms. The van der Waals surface area contributed by atoms with Gasteiger partial charge in [0, 0.05) is 45.9 Å². The van der Waals surface area contributed by atoms with Crippen molar-refractivity contribution in [3.63, 3.8) is 0 Å². The number of hydrogen-bond acceptors (Lipinski definition) is 8. The van der Waals surface area contributed by atoms with E-state index in [1.54, 1.807) is 4.90 Å². The smallest absolute Gasteiger partial charge is 0.305 e. The summed E-state index contributed by atoms with van der Waals surface area (Å²) in [4.78, 5) is 52.2. The molecule has 0 radical (unpaired) electrons. The van der Waals surface area contributed by atoms with Crippen molar-refractivity contribution >= 4 is 23.8 Å². The van der Waals surface area contributed by atoms with Gasteiger partial charge in [0.05, 0.1) is 19.2 Å². The molecular formula is C52H102N2O8. The lowest BCUT2D eigenvalue weighted by Gasteiger charge is -2.22. The van der Waals surface area contributed by atoms with E-state index in [1.165, 1.54) is 154 Å². The molecule has 0 bridgehead atoms. The highest BCUT2D eigenvalue weighted by Crippen LogP contribution is 2.16. The molecule has 0 aliphatic rings. The Morgan fingerprint density at radius 1 is 0.435 bits per heavy atom. The van der Waals surface area contributed by atoms with Crippen molar-refractivity contribution in [1.82, 2.24) is 10.2 Å². The van der Waals surface area contributed by atoms with Crippen LogP contribution in [0.2, 0.25) is 0 Å². The summed E-state index contributed by atoms with van der Waals surface area (Å²) in [6.45, 7) is 10.2. The Morgan fingerprint density at radius 2 is 0.758 bits per heavy atom. The van der Waals surface area contributed by atoms with Crippen molar-refractivity contribution in [2.45, 2.75) is 265 Å². The minimum Gasteiger partial charge on any atom is -0.464 e. The van der Waals surface area contributed by atoms with Crippen LogP contribution in [0.15, 0.2) is 0 Å². The highest BCUT2D eigenvalue weighted by Gasteiger charge is 2.17. The minimum absolute atomic E-state index is 0.0249. The zero-order valence-electron chi connectivity index (χ0n) is 41.5. The molecule has 0 rings (SSSR count). The summed E-state index contributed by atoms with van der Waals surface area (Å²) < 4.78 is 16.7. The van der Waals surface area contributed by atoms with Crippen LogP contribution < -0.4 is 5.32 Å². The molecule has 10 heteroatoms. The highest BCUT2D eigenvalue weighted by atomic mass is 16.5. The first kappa shape index (κ1) is 61.9. The first-order valence-corrected chi connectivity index (χ1v) is 26.3. The molecule has 1 atom stereocenters. The summed E-state index contributed by atoms with van der Waals surface area (Å²) in [5, 5.41) is 9.85. The Kier molecular flexibility index (Phi) is 51.3. The molecule has 0 aliphatic heterocycles. The average Bonchev–Trinajstić information content (AvgIpc) is 3.27. The van der Waals surface area contributed by atoms with E-state index in [9.17, 15) is 19.2 Å². The number of unbranched alkanes of at least 4 members (excludes halogenated alkanes) is 29.